The Hall–Kier alpha value is -0.820. The van der Waals surface area contributed by atoms with Crippen LogP contribution in [0.5, 0.6) is 0 Å². The highest BCUT2D eigenvalue weighted by atomic mass is 79.9. The van der Waals surface area contributed by atoms with Gasteiger partial charge in [-0.2, -0.15) is 13.2 Å². The maximum absolute atomic E-state index is 12.9. The van der Waals surface area contributed by atoms with Crippen molar-refractivity contribution in [2.45, 2.75) is 25.4 Å². The van der Waals surface area contributed by atoms with Crippen LogP contribution in [0.1, 0.15) is 24.8 Å². The van der Waals surface area contributed by atoms with Crippen LogP contribution in [0.2, 0.25) is 0 Å². The lowest BCUT2D eigenvalue weighted by atomic mass is 10.2. The predicted molar refractivity (Wildman–Crippen MR) is 75.7 cm³/mol. The molecular weight excluding hydrogens is 335 g/mol. The highest BCUT2D eigenvalue weighted by Gasteiger charge is 2.34. The quantitative estimate of drug-likeness (QED) is 0.818. The largest absolute Gasteiger partial charge is 0.419 e. The normalized spacial score (nSPS) is 16.6. The molecule has 0 saturated carbocycles. The van der Waals surface area contributed by atoms with E-state index in [4.69, 9.17) is 0 Å². The molecule has 2 rings (SSSR count). The van der Waals surface area contributed by atoms with Gasteiger partial charge >= 0.3 is 6.18 Å². The van der Waals surface area contributed by atoms with Crippen molar-refractivity contribution < 1.29 is 13.2 Å². The fraction of sp³-hybridized carbons (Fsp3) is 0.615. The van der Waals surface area contributed by atoms with Crippen molar-refractivity contribution in [2.75, 3.05) is 31.5 Å². The Morgan fingerprint density at radius 2 is 2.00 bits per heavy atom. The molecule has 1 saturated heterocycles. The van der Waals surface area contributed by atoms with Crippen LogP contribution in [0.3, 0.4) is 0 Å². The topological polar surface area (TPSA) is 28.2 Å². The van der Waals surface area contributed by atoms with Gasteiger partial charge in [0.2, 0.25) is 0 Å². The summed E-state index contributed by atoms with van der Waals surface area (Å²) in [5, 5.41) is 2.79. The van der Waals surface area contributed by atoms with Gasteiger partial charge in [0.1, 0.15) is 5.82 Å². The Kier molecular flexibility index (Phi) is 5.26. The van der Waals surface area contributed by atoms with E-state index < -0.39 is 11.7 Å². The van der Waals surface area contributed by atoms with E-state index in [9.17, 15) is 13.2 Å². The van der Waals surface area contributed by atoms with E-state index in [0.29, 0.717) is 11.0 Å². The van der Waals surface area contributed by atoms with Crippen LogP contribution < -0.4 is 5.32 Å². The third kappa shape index (κ3) is 4.34. The van der Waals surface area contributed by atoms with Gasteiger partial charge < -0.3 is 10.2 Å². The molecule has 1 aromatic heterocycles. The Morgan fingerprint density at radius 1 is 1.30 bits per heavy atom. The van der Waals surface area contributed by atoms with E-state index in [0.717, 1.165) is 32.1 Å². The number of rotatable bonds is 5. The maximum atomic E-state index is 12.9. The first-order valence-corrected chi connectivity index (χ1v) is 7.45. The molecule has 0 unspecified atom stereocenters. The molecule has 1 aliphatic rings. The van der Waals surface area contributed by atoms with Crippen LogP contribution in [-0.2, 0) is 6.18 Å². The van der Waals surface area contributed by atoms with Gasteiger partial charge in [0, 0.05) is 17.2 Å². The fourth-order valence-corrected chi connectivity index (χ4v) is 2.64. The molecule has 1 fully saturated rings. The van der Waals surface area contributed by atoms with Crippen molar-refractivity contribution in [1.29, 1.82) is 0 Å². The van der Waals surface area contributed by atoms with E-state index in [1.54, 1.807) is 0 Å². The summed E-state index contributed by atoms with van der Waals surface area (Å²) in [6.07, 6.45) is 0.237. The zero-order valence-electron chi connectivity index (χ0n) is 11.0. The predicted octanol–water partition coefficient (Wildman–Crippen LogP) is 3.76. The van der Waals surface area contributed by atoms with Crippen LogP contribution in [0.25, 0.3) is 0 Å². The zero-order chi connectivity index (χ0) is 14.6. The number of nitrogens with one attached hydrogen (secondary N) is 1. The van der Waals surface area contributed by atoms with Crippen LogP contribution in [0.4, 0.5) is 19.0 Å². The van der Waals surface area contributed by atoms with Crippen LogP contribution >= 0.6 is 15.9 Å². The smallest absolute Gasteiger partial charge is 0.370 e. The minimum absolute atomic E-state index is 0.0953. The zero-order valence-corrected chi connectivity index (χ0v) is 12.6. The number of nitrogens with zero attached hydrogens (tertiary/aromatic N) is 2. The summed E-state index contributed by atoms with van der Waals surface area (Å²) in [5.74, 6) is -0.0953. The molecule has 3 nitrogen and oxygen atoms in total. The standard InChI is InChI=1S/C13H17BrF3N3/c14-10-8-11(13(15,16)17)12(19-9-10)18-4-3-7-20-5-1-2-6-20/h8-9H,1-7H2,(H,18,19). The molecule has 0 amide bonds. The Labute approximate surface area is 124 Å². The lowest BCUT2D eigenvalue weighted by Gasteiger charge is -2.16. The van der Waals surface area contributed by atoms with Gasteiger partial charge in [0.25, 0.3) is 0 Å². The average Bonchev–Trinajstić information content (AvgIpc) is 2.88. The van der Waals surface area contributed by atoms with Crippen molar-refractivity contribution in [3.05, 3.63) is 22.3 Å². The number of aromatic nitrogens is 1. The molecule has 0 aromatic carbocycles. The summed E-state index contributed by atoms with van der Waals surface area (Å²) in [6.45, 7) is 3.62. The molecule has 1 aliphatic heterocycles. The van der Waals surface area contributed by atoms with Crippen molar-refractivity contribution in [2.24, 2.45) is 0 Å². The van der Waals surface area contributed by atoms with Gasteiger partial charge in [-0.15, -0.1) is 0 Å². The lowest BCUT2D eigenvalue weighted by Crippen LogP contribution is -2.23. The number of hydrogen-bond acceptors (Lipinski definition) is 3. The molecule has 2 heterocycles. The van der Waals surface area contributed by atoms with E-state index in [2.05, 4.69) is 31.1 Å². The monoisotopic (exact) mass is 351 g/mol. The number of hydrogen-bond donors (Lipinski definition) is 1. The minimum atomic E-state index is -4.39. The average molecular weight is 352 g/mol. The summed E-state index contributed by atoms with van der Waals surface area (Å²) in [5.41, 5.74) is -0.729. The summed E-state index contributed by atoms with van der Waals surface area (Å²) in [7, 11) is 0. The molecule has 1 aromatic rings. The van der Waals surface area contributed by atoms with Crippen molar-refractivity contribution in [3.63, 3.8) is 0 Å². The van der Waals surface area contributed by atoms with Gasteiger partial charge in [0.15, 0.2) is 0 Å². The summed E-state index contributed by atoms with van der Waals surface area (Å²) in [6, 6.07) is 1.05. The Bertz CT molecular complexity index is 445. The molecule has 0 radical (unpaired) electrons. The van der Waals surface area contributed by atoms with Gasteiger partial charge in [-0.25, -0.2) is 4.98 Å². The second-order valence-electron chi connectivity index (χ2n) is 4.88. The van der Waals surface area contributed by atoms with Crippen molar-refractivity contribution >= 4 is 21.7 Å². The van der Waals surface area contributed by atoms with E-state index in [1.165, 1.54) is 19.0 Å². The van der Waals surface area contributed by atoms with Crippen molar-refractivity contribution in [1.82, 2.24) is 9.88 Å². The molecule has 0 atom stereocenters. The van der Waals surface area contributed by atoms with Crippen LogP contribution in [0.15, 0.2) is 16.7 Å². The number of pyridine rings is 1. The van der Waals surface area contributed by atoms with Gasteiger partial charge in [-0.05, 0) is 60.9 Å². The number of likely N-dealkylation sites (tertiary alicyclic amines) is 1. The Morgan fingerprint density at radius 3 is 2.65 bits per heavy atom. The maximum Gasteiger partial charge on any atom is 0.419 e. The second-order valence-corrected chi connectivity index (χ2v) is 5.79. The highest BCUT2D eigenvalue weighted by molar-refractivity contribution is 9.10. The highest BCUT2D eigenvalue weighted by Crippen LogP contribution is 2.35. The van der Waals surface area contributed by atoms with E-state index in [1.807, 2.05) is 0 Å². The first-order valence-electron chi connectivity index (χ1n) is 6.66. The second kappa shape index (κ2) is 6.76. The Balaban J connectivity index is 1.88. The first-order chi connectivity index (χ1) is 9.47. The van der Waals surface area contributed by atoms with Gasteiger partial charge in [0.05, 0.1) is 5.56 Å². The first kappa shape index (κ1) is 15.6. The third-order valence-electron chi connectivity index (χ3n) is 3.30. The number of halogens is 4. The summed E-state index contributed by atoms with van der Waals surface area (Å²) < 4.78 is 38.9. The molecule has 1 N–H and O–H groups in total. The SMILES string of the molecule is FC(F)(F)c1cc(Br)cnc1NCCCN1CCCC1. The molecule has 20 heavy (non-hydrogen) atoms. The minimum Gasteiger partial charge on any atom is -0.370 e. The van der Waals surface area contributed by atoms with E-state index >= 15 is 0 Å². The van der Waals surface area contributed by atoms with Gasteiger partial charge in [-0.3, -0.25) is 0 Å². The lowest BCUT2D eigenvalue weighted by molar-refractivity contribution is -0.137. The van der Waals surface area contributed by atoms with Gasteiger partial charge in [-0.1, -0.05) is 0 Å². The molecule has 112 valence electrons. The fourth-order valence-electron chi connectivity index (χ4n) is 2.31. The molecular formula is C13H17BrF3N3. The van der Waals surface area contributed by atoms with Crippen LogP contribution in [0, 0.1) is 0 Å². The molecule has 7 heteroatoms. The number of alkyl halides is 3. The van der Waals surface area contributed by atoms with Crippen LogP contribution in [-0.4, -0.2) is 36.1 Å². The summed E-state index contributed by atoms with van der Waals surface area (Å²) >= 11 is 3.02. The third-order valence-corrected chi connectivity index (χ3v) is 3.74. The molecule has 0 aliphatic carbocycles. The summed E-state index contributed by atoms with van der Waals surface area (Å²) in [4.78, 5) is 6.16. The van der Waals surface area contributed by atoms with Crippen molar-refractivity contribution in [3.8, 4) is 0 Å². The molecule has 0 spiro atoms. The van der Waals surface area contributed by atoms with E-state index in [-0.39, 0.29) is 5.82 Å². The number of anilines is 1. The molecule has 0 bridgehead atoms.